The highest BCUT2D eigenvalue weighted by molar-refractivity contribution is 5.94. The maximum Gasteiger partial charge on any atom is 0.419 e. The third-order valence-electron chi connectivity index (χ3n) is 5.89. The van der Waals surface area contributed by atoms with Gasteiger partial charge in [0.25, 0.3) is 5.91 Å². The first-order chi connectivity index (χ1) is 17.9. The number of carbonyl (C=O) groups excluding carboxylic acids is 1. The van der Waals surface area contributed by atoms with Crippen molar-refractivity contribution < 1.29 is 31.1 Å². The van der Waals surface area contributed by atoms with E-state index in [0.717, 1.165) is 23.0 Å². The Morgan fingerprint density at radius 3 is 2.24 bits per heavy atom. The summed E-state index contributed by atoms with van der Waals surface area (Å²) in [6.07, 6.45) is -5.04. The molecule has 1 amide bonds. The molecule has 4 aromatic rings. The van der Waals surface area contributed by atoms with Crippen molar-refractivity contribution >= 4 is 5.91 Å². The summed E-state index contributed by atoms with van der Waals surface area (Å²) in [4.78, 5) is 16.7. The first-order valence-corrected chi connectivity index (χ1v) is 11.3. The molecule has 0 spiro atoms. The van der Waals surface area contributed by atoms with Crippen LogP contribution in [0.15, 0.2) is 73.3 Å². The van der Waals surface area contributed by atoms with E-state index in [1.807, 2.05) is 0 Å². The van der Waals surface area contributed by atoms with Gasteiger partial charge in [-0.2, -0.15) is 31.4 Å². The third kappa shape index (κ3) is 5.86. The second-order valence-corrected chi connectivity index (χ2v) is 8.49. The van der Waals surface area contributed by atoms with Gasteiger partial charge in [0, 0.05) is 18.9 Å². The molecule has 4 rings (SSSR count). The summed E-state index contributed by atoms with van der Waals surface area (Å²) in [5.41, 5.74) is 6.39. The van der Waals surface area contributed by atoms with Crippen LogP contribution in [0.25, 0.3) is 16.8 Å². The largest absolute Gasteiger partial charge is 0.419 e. The van der Waals surface area contributed by atoms with Gasteiger partial charge in [-0.05, 0) is 47.4 Å². The Morgan fingerprint density at radius 1 is 0.947 bits per heavy atom. The molecule has 2 aromatic heterocycles. The summed E-state index contributed by atoms with van der Waals surface area (Å²) in [7, 11) is 0. The van der Waals surface area contributed by atoms with E-state index >= 15 is 0 Å². The van der Waals surface area contributed by atoms with Crippen molar-refractivity contribution in [3.63, 3.8) is 0 Å². The molecule has 0 aliphatic rings. The molecule has 0 radical (unpaired) electrons. The number of nitrogens with two attached hydrogens (primary N) is 1. The van der Waals surface area contributed by atoms with E-state index in [1.54, 1.807) is 31.2 Å². The number of carbonyl (C=O) groups is 1. The molecule has 2 heterocycles. The molecule has 0 unspecified atom stereocenters. The highest BCUT2D eigenvalue weighted by Gasteiger charge is 2.32. The van der Waals surface area contributed by atoms with Crippen LogP contribution >= 0.6 is 0 Å². The number of alkyl halides is 6. The normalized spacial score (nSPS) is 12.8. The topological polar surface area (TPSA) is 85.8 Å². The summed E-state index contributed by atoms with van der Waals surface area (Å²) < 4.78 is 79.2. The average Bonchev–Trinajstić information content (AvgIpc) is 3.39. The number of pyridine rings is 1. The SMILES string of the molecule is C[C@@H](NC(=O)c1cncc(-n2cc(C(F)(F)F)cn2)c1)c1ccc(-c2cc(C(F)(F)F)ccc2CN)cc1. The fourth-order valence-electron chi connectivity index (χ4n) is 3.80. The molecule has 2 aromatic carbocycles. The molecule has 3 N–H and O–H groups in total. The summed E-state index contributed by atoms with van der Waals surface area (Å²) >= 11 is 0. The second-order valence-electron chi connectivity index (χ2n) is 8.49. The van der Waals surface area contributed by atoms with Crippen LogP contribution in [0.5, 0.6) is 0 Å². The summed E-state index contributed by atoms with van der Waals surface area (Å²) in [5, 5.41) is 6.45. The number of nitrogens with zero attached hydrogens (tertiary/aromatic N) is 3. The quantitative estimate of drug-likeness (QED) is 0.301. The molecule has 0 aliphatic heterocycles. The standard InChI is InChI=1S/C26H21F6N5O/c1-15(16-2-4-17(5-3-16)23-9-20(25(27,28)29)7-6-18(23)10-33)36-24(38)19-8-22(13-34-11-19)37-14-21(12-35-37)26(30,31)32/h2-9,11-15H,10,33H2,1H3,(H,36,38)/t15-/m1/s1. The van der Waals surface area contributed by atoms with Crippen molar-refractivity contribution in [1.29, 1.82) is 0 Å². The van der Waals surface area contributed by atoms with Crippen LogP contribution < -0.4 is 11.1 Å². The maximum atomic E-state index is 13.2. The van der Waals surface area contributed by atoms with Crippen LogP contribution in [0.3, 0.4) is 0 Å². The third-order valence-corrected chi connectivity index (χ3v) is 5.89. The minimum absolute atomic E-state index is 0.0603. The monoisotopic (exact) mass is 533 g/mol. The summed E-state index contributed by atoms with van der Waals surface area (Å²) in [6, 6.07) is 10.9. The van der Waals surface area contributed by atoms with Gasteiger partial charge in [0.1, 0.15) is 0 Å². The Morgan fingerprint density at radius 2 is 1.63 bits per heavy atom. The first-order valence-electron chi connectivity index (χ1n) is 11.3. The van der Waals surface area contributed by atoms with E-state index in [0.29, 0.717) is 28.5 Å². The van der Waals surface area contributed by atoms with Gasteiger partial charge < -0.3 is 11.1 Å². The molecule has 1 atom stereocenters. The van der Waals surface area contributed by atoms with Gasteiger partial charge in [-0.15, -0.1) is 0 Å². The molecule has 0 bridgehead atoms. The first kappa shape index (κ1) is 26.9. The maximum absolute atomic E-state index is 13.2. The van der Waals surface area contributed by atoms with Crippen LogP contribution in [-0.4, -0.2) is 20.7 Å². The highest BCUT2D eigenvalue weighted by Crippen LogP contribution is 2.34. The smallest absolute Gasteiger partial charge is 0.345 e. The lowest BCUT2D eigenvalue weighted by molar-refractivity contribution is -0.138. The van der Waals surface area contributed by atoms with Gasteiger partial charge in [0.05, 0.1) is 40.8 Å². The van der Waals surface area contributed by atoms with E-state index in [-0.39, 0.29) is 17.8 Å². The number of amides is 1. The minimum Gasteiger partial charge on any atom is -0.345 e. The lowest BCUT2D eigenvalue weighted by Gasteiger charge is -2.16. The lowest BCUT2D eigenvalue weighted by atomic mass is 9.95. The molecule has 0 aliphatic carbocycles. The molecular formula is C26H21F6N5O. The van der Waals surface area contributed by atoms with Crippen LogP contribution in [-0.2, 0) is 18.9 Å². The molecule has 12 heteroatoms. The van der Waals surface area contributed by atoms with E-state index in [2.05, 4.69) is 15.4 Å². The van der Waals surface area contributed by atoms with E-state index in [4.69, 9.17) is 5.73 Å². The average molecular weight is 533 g/mol. The number of aromatic nitrogens is 3. The van der Waals surface area contributed by atoms with Gasteiger partial charge in [-0.3, -0.25) is 9.78 Å². The Labute approximate surface area is 213 Å². The number of hydrogen-bond acceptors (Lipinski definition) is 4. The zero-order chi connectivity index (χ0) is 27.7. The fraction of sp³-hybridized carbons (Fsp3) is 0.192. The van der Waals surface area contributed by atoms with Crippen LogP contribution in [0.4, 0.5) is 26.3 Å². The van der Waals surface area contributed by atoms with Gasteiger partial charge in [0.15, 0.2) is 0 Å². The number of halogens is 6. The van der Waals surface area contributed by atoms with Crippen LogP contribution in [0, 0.1) is 0 Å². The Balaban J connectivity index is 1.50. The van der Waals surface area contributed by atoms with E-state index in [9.17, 15) is 31.1 Å². The van der Waals surface area contributed by atoms with Gasteiger partial charge in [0.2, 0.25) is 0 Å². The molecular weight excluding hydrogens is 512 g/mol. The predicted octanol–water partition coefficient (Wildman–Crippen LogP) is 5.92. The summed E-state index contributed by atoms with van der Waals surface area (Å²) in [5.74, 6) is -0.526. The number of nitrogens with one attached hydrogen (secondary N) is 1. The van der Waals surface area contributed by atoms with Crippen LogP contribution in [0.2, 0.25) is 0 Å². The van der Waals surface area contributed by atoms with Crippen LogP contribution in [0.1, 0.15) is 45.6 Å². The van der Waals surface area contributed by atoms with E-state index in [1.165, 1.54) is 24.5 Å². The Hall–Kier alpha value is -4.19. The molecule has 6 nitrogen and oxygen atoms in total. The van der Waals surface area contributed by atoms with Crippen molar-refractivity contribution in [1.82, 2.24) is 20.1 Å². The van der Waals surface area contributed by atoms with Crippen molar-refractivity contribution in [2.75, 3.05) is 0 Å². The van der Waals surface area contributed by atoms with Gasteiger partial charge >= 0.3 is 12.4 Å². The summed E-state index contributed by atoms with van der Waals surface area (Å²) in [6.45, 7) is 1.77. The number of rotatable bonds is 6. The highest BCUT2D eigenvalue weighted by atomic mass is 19.4. The Bertz CT molecular complexity index is 1440. The van der Waals surface area contributed by atoms with Crippen molar-refractivity contribution in [2.24, 2.45) is 5.73 Å². The van der Waals surface area contributed by atoms with Crippen molar-refractivity contribution in [3.8, 4) is 16.8 Å². The predicted molar refractivity (Wildman–Crippen MR) is 127 cm³/mol. The number of hydrogen-bond donors (Lipinski definition) is 2. The van der Waals surface area contributed by atoms with Crippen molar-refractivity contribution in [2.45, 2.75) is 31.9 Å². The second kappa shape index (κ2) is 10.3. The zero-order valence-corrected chi connectivity index (χ0v) is 19.8. The molecule has 38 heavy (non-hydrogen) atoms. The zero-order valence-electron chi connectivity index (χ0n) is 19.8. The molecule has 0 saturated heterocycles. The Kier molecular flexibility index (Phi) is 7.27. The minimum atomic E-state index is -4.56. The number of benzene rings is 2. The van der Waals surface area contributed by atoms with E-state index < -0.39 is 35.4 Å². The van der Waals surface area contributed by atoms with Gasteiger partial charge in [-0.1, -0.05) is 30.3 Å². The lowest BCUT2D eigenvalue weighted by Crippen LogP contribution is -2.26. The molecule has 0 saturated carbocycles. The molecule has 0 fully saturated rings. The van der Waals surface area contributed by atoms with Gasteiger partial charge in [-0.25, -0.2) is 4.68 Å². The van der Waals surface area contributed by atoms with Crippen molar-refractivity contribution in [3.05, 3.63) is 101 Å². The fourth-order valence-corrected chi connectivity index (χ4v) is 3.80. The molecule has 198 valence electrons.